The first-order chi connectivity index (χ1) is 9.17. The Morgan fingerprint density at radius 3 is 2.89 bits per heavy atom. The predicted molar refractivity (Wildman–Crippen MR) is 73.0 cm³/mol. The van der Waals surface area contributed by atoms with Crippen LogP contribution in [0.25, 0.3) is 11.0 Å². The Morgan fingerprint density at radius 2 is 2.21 bits per heavy atom. The minimum Gasteiger partial charge on any atom is -0.465 e. The van der Waals surface area contributed by atoms with Crippen molar-refractivity contribution < 1.29 is 9.53 Å². The highest BCUT2D eigenvalue weighted by atomic mass is 16.5. The van der Waals surface area contributed by atoms with Crippen LogP contribution in [0.5, 0.6) is 0 Å². The Kier molecular flexibility index (Phi) is 3.99. The third kappa shape index (κ3) is 2.67. The van der Waals surface area contributed by atoms with Crippen molar-refractivity contribution in [3.63, 3.8) is 0 Å². The lowest BCUT2D eigenvalue weighted by Crippen LogP contribution is -2.31. The van der Waals surface area contributed by atoms with Crippen molar-refractivity contribution in [3.05, 3.63) is 18.6 Å². The second-order valence-electron chi connectivity index (χ2n) is 4.18. The van der Waals surface area contributed by atoms with E-state index in [-0.39, 0.29) is 12.5 Å². The average Bonchev–Trinajstić information content (AvgIpc) is 2.78. The monoisotopic (exact) mass is 262 g/mol. The number of anilines is 1. The average molecular weight is 262 g/mol. The van der Waals surface area contributed by atoms with Crippen molar-refractivity contribution in [2.24, 2.45) is 7.05 Å². The minimum atomic E-state index is -0.251. The molecule has 2 aromatic heterocycles. The number of carbonyl (C=O) groups is 1. The summed E-state index contributed by atoms with van der Waals surface area (Å²) in [5.41, 5.74) is 1.79. The van der Waals surface area contributed by atoms with Crippen molar-refractivity contribution in [2.45, 2.75) is 13.8 Å². The summed E-state index contributed by atoms with van der Waals surface area (Å²) < 4.78 is 6.91. The van der Waals surface area contributed by atoms with Crippen molar-refractivity contribution in [1.82, 2.24) is 14.5 Å². The number of aromatic nitrogens is 3. The molecule has 102 valence electrons. The standard InChI is InChI=1S/C13H18N4O2/c1-4-17(8-11(18)19-5-2)13-12-10(6-7-14-13)16(3)9-15-12/h6-7,9H,4-5,8H2,1-3H3. The molecule has 6 nitrogen and oxygen atoms in total. The quantitative estimate of drug-likeness (QED) is 0.761. The van der Waals surface area contributed by atoms with Gasteiger partial charge in [-0.15, -0.1) is 0 Å². The molecular weight excluding hydrogens is 244 g/mol. The number of nitrogens with zero attached hydrogens (tertiary/aromatic N) is 4. The maximum absolute atomic E-state index is 11.6. The van der Waals surface area contributed by atoms with Gasteiger partial charge in [-0.05, 0) is 19.9 Å². The smallest absolute Gasteiger partial charge is 0.325 e. The molecule has 0 N–H and O–H groups in total. The molecule has 0 aliphatic heterocycles. The van der Waals surface area contributed by atoms with Crippen LogP contribution in [0, 0.1) is 0 Å². The second-order valence-corrected chi connectivity index (χ2v) is 4.18. The molecule has 0 bridgehead atoms. The lowest BCUT2D eigenvalue weighted by atomic mass is 10.3. The normalized spacial score (nSPS) is 10.7. The van der Waals surface area contributed by atoms with E-state index >= 15 is 0 Å². The summed E-state index contributed by atoms with van der Waals surface area (Å²) >= 11 is 0. The number of imidazole rings is 1. The van der Waals surface area contributed by atoms with Crippen LogP contribution in [-0.4, -0.2) is 40.2 Å². The molecular formula is C13H18N4O2. The third-order valence-electron chi connectivity index (χ3n) is 2.93. The molecule has 0 amide bonds. The number of likely N-dealkylation sites (N-methyl/N-ethyl adjacent to an activating group) is 1. The molecule has 2 heterocycles. The summed E-state index contributed by atoms with van der Waals surface area (Å²) in [5.74, 6) is 0.465. The predicted octanol–water partition coefficient (Wildman–Crippen LogP) is 1.36. The summed E-state index contributed by atoms with van der Waals surface area (Å²) in [5, 5.41) is 0. The highest BCUT2D eigenvalue weighted by Crippen LogP contribution is 2.22. The van der Waals surface area contributed by atoms with Gasteiger partial charge in [-0.3, -0.25) is 4.79 Å². The number of aryl methyl sites for hydroxylation is 1. The third-order valence-corrected chi connectivity index (χ3v) is 2.93. The molecule has 0 saturated heterocycles. The Balaban J connectivity index is 2.32. The number of pyridine rings is 1. The van der Waals surface area contributed by atoms with Crippen LogP contribution in [0.4, 0.5) is 5.82 Å². The van der Waals surface area contributed by atoms with Crippen LogP contribution in [0.15, 0.2) is 18.6 Å². The molecule has 0 fully saturated rings. The number of rotatable bonds is 5. The van der Waals surface area contributed by atoms with Gasteiger partial charge in [0.05, 0.1) is 18.5 Å². The van der Waals surface area contributed by atoms with Crippen LogP contribution >= 0.6 is 0 Å². The number of hydrogen-bond acceptors (Lipinski definition) is 5. The molecule has 0 atom stereocenters. The molecule has 6 heteroatoms. The summed E-state index contributed by atoms with van der Waals surface area (Å²) in [6.07, 6.45) is 3.47. The largest absolute Gasteiger partial charge is 0.465 e. The van der Waals surface area contributed by atoms with E-state index < -0.39 is 0 Å². The molecule has 0 aliphatic carbocycles. The molecule has 0 saturated carbocycles. The van der Waals surface area contributed by atoms with Gasteiger partial charge in [-0.25, -0.2) is 9.97 Å². The number of hydrogen-bond donors (Lipinski definition) is 0. The van der Waals surface area contributed by atoms with Crippen LogP contribution in [0.1, 0.15) is 13.8 Å². The number of ether oxygens (including phenoxy) is 1. The van der Waals surface area contributed by atoms with Crippen molar-refractivity contribution >= 4 is 22.8 Å². The van der Waals surface area contributed by atoms with Crippen LogP contribution < -0.4 is 4.90 Å². The maximum atomic E-state index is 11.6. The SMILES string of the molecule is CCOC(=O)CN(CC)c1nccc2c1ncn2C. The van der Waals surface area contributed by atoms with Gasteiger partial charge in [0.2, 0.25) is 0 Å². The lowest BCUT2D eigenvalue weighted by molar-refractivity contribution is -0.141. The van der Waals surface area contributed by atoms with Crippen molar-refractivity contribution in [3.8, 4) is 0 Å². The van der Waals surface area contributed by atoms with Crippen LogP contribution in [-0.2, 0) is 16.6 Å². The molecule has 2 rings (SSSR count). The zero-order chi connectivity index (χ0) is 13.8. The van der Waals surface area contributed by atoms with E-state index in [9.17, 15) is 4.79 Å². The Bertz CT molecular complexity index is 579. The van der Waals surface area contributed by atoms with Crippen LogP contribution in [0.2, 0.25) is 0 Å². The lowest BCUT2D eigenvalue weighted by Gasteiger charge is -2.20. The van der Waals surface area contributed by atoms with Crippen molar-refractivity contribution in [1.29, 1.82) is 0 Å². The van der Waals surface area contributed by atoms with Gasteiger partial charge >= 0.3 is 5.97 Å². The first-order valence-electron chi connectivity index (χ1n) is 6.34. The van der Waals surface area contributed by atoms with E-state index in [1.807, 2.05) is 29.5 Å². The Labute approximate surface area is 112 Å². The number of fused-ring (bicyclic) bond motifs is 1. The van der Waals surface area contributed by atoms with Crippen LogP contribution in [0.3, 0.4) is 0 Å². The summed E-state index contributed by atoms with van der Waals surface area (Å²) in [4.78, 5) is 22.2. The number of esters is 1. The van der Waals surface area contributed by atoms with E-state index in [2.05, 4.69) is 9.97 Å². The second kappa shape index (κ2) is 5.69. The first-order valence-corrected chi connectivity index (χ1v) is 6.34. The first kappa shape index (κ1) is 13.3. The van der Waals surface area contributed by atoms with E-state index in [1.165, 1.54) is 0 Å². The molecule has 0 radical (unpaired) electrons. The van der Waals surface area contributed by atoms with E-state index in [1.54, 1.807) is 19.4 Å². The fourth-order valence-electron chi connectivity index (χ4n) is 1.98. The Hall–Kier alpha value is -2.11. The van der Waals surface area contributed by atoms with Gasteiger partial charge < -0.3 is 14.2 Å². The topological polar surface area (TPSA) is 60.2 Å². The van der Waals surface area contributed by atoms with Gasteiger partial charge in [-0.1, -0.05) is 0 Å². The zero-order valence-corrected chi connectivity index (χ0v) is 11.5. The fourth-order valence-corrected chi connectivity index (χ4v) is 1.98. The number of carbonyl (C=O) groups excluding carboxylic acids is 1. The molecule has 2 aromatic rings. The van der Waals surface area contributed by atoms with Gasteiger partial charge in [0.1, 0.15) is 12.1 Å². The van der Waals surface area contributed by atoms with Gasteiger partial charge in [-0.2, -0.15) is 0 Å². The minimum absolute atomic E-state index is 0.188. The van der Waals surface area contributed by atoms with Gasteiger partial charge in [0.15, 0.2) is 5.82 Å². The molecule has 19 heavy (non-hydrogen) atoms. The highest BCUT2D eigenvalue weighted by Gasteiger charge is 2.16. The van der Waals surface area contributed by atoms with E-state index in [4.69, 9.17) is 4.74 Å². The molecule has 0 unspecified atom stereocenters. The highest BCUT2D eigenvalue weighted by molar-refractivity contribution is 5.88. The summed E-state index contributed by atoms with van der Waals surface area (Å²) in [7, 11) is 1.93. The molecule has 0 aliphatic rings. The van der Waals surface area contributed by atoms with E-state index in [0.29, 0.717) is 19.0 Å². The van der Waals surface area contributed by atoms with Crippen molar-refractivity contribution in [2.75, 3.05) is 24.6 Å². The molecule has 0 aromatic carbocycles. The maximum Gasteiger partial charge on any atom is 0.325 e. The van der Waals surface area contributed by atoms with Gasteiger partial charge in [0, 0.05) is 19.8 Å². The fraction of sp³-hybridized carbons (Fsp3) is 0.462. The van der Waals surface area contributed by atoms with Gasteiger partial charge in [0.25, 0.3) is 0 Å². The molecule has 0 spiro atoms. The van der Waals surface area contributed by atoms with E-state index in [0.717, 1.165) is 11.0 Å². The summed E-state index contributed by atoms with van der Waals surface area (Å²) in [6.45, 7) is 5.01. The summed E-state index contributed by atoms with van der Waals surface area (Å²) in [6, 6.07) is 1.91. The Morgan fingerprint density at radius 1 is 1.42 bits per heavy atom. The zero-order valence-electron chi connectivity index (χ0n) is 11.5.